The zero-order valence-electron chi connectivity index (χ0n) is 16.2. The molecule has 0 aliphatic carbocycles. The van der Waals surface area contributed by atoms with Crippen molar-refractivity contribution >= 4 is 11.6 Å². The standard InChI is InChI=1S/C23H22N4O2/c1-15-9-17(7-8-24-15)23-20-13-25-19(10-18(20)12-26-23)11-22(29)27-21(14-28)16-5-3-2-4-6-16/h2-10,13,21,28H,11-12,14H2,1H3,(H,27,29). The lowest BCUT2D eigenvalue weighted by atomic mass is 10.0. The lowest BCUT2D eigenvalue weighted by Crippen LogP contribution is -2.32. The highest BCUT2D eigenvalue weighted by Crippen LogP contribution is 2.23. The fourth-order valence-electron chi connectivity index (χ4n) is 3.51. The minimum atomic E-state index is -0.428. The number of hydrogen-bond acceptors (Lipinski definition) is 5. The monoisotopic (exact) mass is 386 g/mol. The van der Waals surface area contributed by atoms with Crippen molar-refractivity contribution in [2.45, 2.75) is 25.9 Å². The summed E-state index contributed by atoms with van der Waals surface area (Å²) in [5.41, 5.74) is 6.50. The van der Waals surface area contributed by atoms with E-state index in [1.807, 2.05) is 55.5 Å². The van der Waals surface area contributed by atoms with Crippen LogP contribution in [0.15, 0.2) is 65.9 Å². The topological polar surface area (TPSA) is 87.5 Å². The molecule has 4 rings (SSSR count). The minimum Gasteiger partial charge on any atom is -0.394 e. The van der Waals surface area contributed by atoms with Crippen LogP contribution in [-0.4, -0.2) is 33.3 Å². The van der Waals surface area contributed by atoms with E-state index in [2.05, 4.69) is 20.3 Å². The maximum Gasteiger partial charge on any atom is 0.226 e. The molecule has 2 aromatic heterocycles. The zero-order valence-corrected chi connectivity index (χ0v) is 16.2. The number of rotatable bonds is 6. The molecule has 0 spiro atoms. The molecule has 1 atom stereocenters. The first kappa shape index (κ1) is 19.0. The molecule has 1 amide bonds. The Morgan fingerprint density at radius 1 is 1.17 bits per heavy atom. The van der Waals surface area contributed by atoms with Gasteiger partial charge in [0.2, 0.25) is 5.91 Å². The van der Waals surface area contributed by atoms with Crippen molar-refractivity contribution in [3.8, 4) is 0 Å². The van der Waals surface area contributed by atoms with Gasteiger partial charge in [-0.3, -0.25) is 19.8 Å². The molecule has 0 fully saturated rings. The van der Waals surface area contributed by atoms with Crippen molar-refractivity contribution in [3.63, 3.8) is 0 Å². The van der Waals surface area contributed by atoms with Gasteiger partial charge in [0.25, 0.3) is 0 Å². The number of hydrogen-bond donors (Lipinski definition) is 2. The second-order valence-electron chi connectivity index (χ2n) is 7.07. The lowest BCUT2D eigenvalue weighted by Gasteiger charge is -2.16. The lowest BCUT2D eigenvalue weighted by molar-refractivity contribution is -0.121. The number of amides is 1. The number of aromatic nitrogens is 2. The fourth-order valence-corrected chi connectivity index (χ4v) is 3.51. The molecule has 1 aliphatic heterocycles. The molecular formula is C23H22N4O2. The second-order valence-corrected chi connectivity index (χ2v) is 7.07. The molecule has 0 bridgehead atoms. The highest BCUT2D eigenvalue weighted by atomic mass is 16.3. The van der Waals surface area contributed by atoms with E-state index >= 15 is 0 Å². The molecule has 146 valence electrons. The van der Waals surface area contributed by atoms with Crippen LogP contribution in [0.5, 0.6) is 0 Å². The number of carbonyl (C=O) groups excluding carboxylic acids is 1. The third kappa shape index (κ3) is 4.22. The number of aliphatic imine (C=N–C) groups is 1. The van der Waals surface area contributed by atoms with E-state index < -0.39 is 6.04 Å². The van der Waals surface area contributed by atoms with Gasteiger partial charge in [0.05, 0.1) is 37.0 Å². The number of fused-ring (bicyclic) bond motifs is 1. The third-order valence-electron chi connectivity index (χ3n) is 4.94. The van der Waals surface area contributed by atoms with E-state index in [0.29, 0.717) is 12.2 Å². The Kier molecular flexibility index (Phi) is 5.44. The van der Waals surface area contributed by atoms with Crippen molar-refractivity contribution in [1.29, 1.82) is 0 Å². The molecule has 1 unspecified atom stereocenters. The molecule has 0 saturated heterocycles. The summed E-state index contributed by atoms with van der Waals surface area (Å²) < 4.78 is 0. The second kappa shape index (κ2) is 8.32. The number of aliphatic hydroxyl groups is 1. The quantitative estimate of drug-likeness (QED) is 0.681. The smallest absolute Gasteiger partial charge is 0.226 e. The van der Waals surface area contributed by atoms with Crippen molar-refractivity contribution in [2.75, 3.05) is 6.61 Å². The fraction of sp³-hybridized carbons (Fsp3) is 0.217. The normalized spacial score (nSPS) is 13.5. The molecule has 6 heteroatoms. The zero-order chi connectivity index (χ0) is 20.2. The first-order chi connectivity index (χ1) is 14.1. The van der Waals surface area contributed by atoms with Crippen molar-refractivity contribution in [1.82, 2.24) is 15.3 Å². The van der Waals surface area contributed by atoms with Gasteiger partial charge in [-0.05, 0) is 36.2 Å². The number of nitrogens with one attached hydrogen (secondary N) is 1. The summed E-state index contributed by atoms with van der Waals surface area (Å²) in [4.78, 5) is 25.8. The number of nitrogens with zero attached hydrogens (tertiary/aromatic N) is 3. The summed E-state index contributed by atoms with van der Waals surface area (Å²) in [5.74, 6) is -0.177. The third-order valence-corrected chi connectivity index (χ3v) is 4.94. The van der Waals surface area contributed by atoms with Crippen LogP contribution in [0.4, 0.5) is 0 Å². The van der Waals surface area contributed by atoms with Crippen LogP contribution in [0.1, 0.15) is 39.7 Å². The van der Waals surface area contributed by atoms with Crippen LogP contribution < -0.4 is 5.32 Å². The molecule has 3 aromatic rings. The van der Waals surface area contributed by atoms with Gasteiger partial charge >= 0.3 is 0 Å². The average Bonchev–Trinajstić information content (AvgIpc) is 3.16. The highest BCUT2D eigenvalue weighted by Gasteiger charge is 2.20. The summed E-state index contributed by atoms with van der Waals surface area (Å²) in [6.07, 6.45) is 3.72. The summed E-state index contributed by atoms with van der Waals surface area (Å²) in [6.45, 7) is 2.37. The molecule has 1 aliphatic rings. The van der Waals surface area contributed by atoms with Crippen LogP contribution in [-0.2, 0) is 17.8 Å². The van der Waals surface area contributed by atoms with Crippen LogP contribution in [0.2, 0.25) is 0 Å². The predicted octanol–water partition coefficient (Wildman–Crippen LogP) is 2.53. The van der Waals surface area contributed by atoms with Gasteiger partial charge in [0, 0.05) is 29.2 Å². The van der Waals surface area contributed by atoms with Crippen molar-refractivity contribution in [3.05, 3.63) is 94.6 Å². The van der Waals surface area contributed by atoms with Crippen molar-refractivity contribution < 1.29 is 9.90 Å². The molecule has 2 N–H and O–H groups in total. The Bertz CT molecular complexity index is 1060. The Morgan fingerprint density at radius 2 is 2.00 bits per heavy atom. The Morgan fingerprint density at radius 3 is 2.76 bits per heavy atom. The Labute approximate surface area is 169 Å². The van der Waals surface area contributed by atoms with Crippen LogP contribution in [0, 0.1) is 6.92 Å². The number of benzene rings is 1. The summed E-state index contributed by atoms with van der Waals surface area (Å²) >= 11 is 0. The molecule has 3 heterocycles. The minimum absolute atomic E-state index is 0.153. The van der Waals surface area contributed by atoms with Crippen LogP contribution >= 0.6 is 0 Å². The highest BCUT2D eigenvalue weighted by molar-refractivity contribution is 6.15. The largest absolute Gasteiger partial charge is 0.394 e. The van der Waals surface area contributed by atoms with Gasteiger partial charge in [-0.15, -0.1) is 0 Å². The molecule has 0 radical (unpaired) electrons. The summed E-state index contributed by atoms with van der Waals surface area (Å²) in [5, 5.41) is 12.5. The number of aliphatic hydroxyl groups excluding tert-OH is 1. The van der Waals surface area contributed by atoms with E-state index in [0.717, 1.165) is 33.7 Å². The van der Waals surface area contributed by atoms with E-state index in [-0.39, 0.29) is 18.9 Å². The van der Waals surface area contributed by atoms with E-state index in [1.165, 1.54) is 0 Å². The van der Waals surface area contributed by atoms with E-state index in [1.54, 1.807) is 12.4 Å². The molecule has 6 nitrogen and oxygen atoms in total. The van der Waals surface area contributed by atoms with Gasteiger partial charge in [-0.25, -0.2) is 0 Å². The van der Waals surface area contributed by atoms with Gasteiger partial charge in [0.15, 0.2) is 0 Å². The average molecular weight is 386 g/mol. The van der Waals surface area contributed by atoms with E-state index in [9.17, 15) is 9.90 Å². The predicted molar refractivity (Wildman–Crippen MR) is 111 cm³/mol. The number of pyridine rings is 2. The number of aryl methyl sites for hydroxylation is 1. The molecule has 0 saturated carbocycles. The van der Waals surface area contributed by atoms with E-state index in [4.69, 9.17) is 0 Å². The van der Waals surface area contributed by atoms with Crippen LogP contribution in [0.3, 0.4) is 0 Å². The molecule has 1 aromatic carbocycles. The van der Waals surface area contributed by atoms with Crippen LogP contribution in [0.25, 0.3) is 0 Å². The maximum absolute atomic E-state index is 12.5. The van der Waals surface area contributed by atoms with Crippen molar-refractivity contribution in [2.24, 2.45) is 4.99 Å². The van der Waals surface area contributed by atoms with Gasteiger partial charge < -0.3 is 10.4 Å². The molecular weight excluding hydrogens is 364 g/mol. The maximum atomic E-state index is 12.5. The first-order valence-electron chi connectivity index (χ1n) is 9.55. The SMILES string of the molecule is Cc1cc(C2=NCc3cc(CC(=O)NC(CO)c4ccccc4)ncc32)ccn1. The Balaban J connectivity index is 1.46. The van der Waals surface area contributed by atoms with Gasteiger partial charge in [-0.2, -0.15) is 0 Å². The number of carbonyl (C=O) groups is 1. The first-order valence-corrected chi connectivity index (χ1v) is 9.55. The Hall–Kier alpha value is -3.38. The molecule has 29 heavy (non-hydrogen) atoms. The summed E-state index contributed by atoms with van der Waals surface area (Å²) in [7, 11) is 0. The summed E-state index contributed by atoms with van der Waals surface area (Å²) in [6, 6.07) is 14.9. The van der Waals surface area contributed by atoms with Gasteiger partial charge in [-0.1, -0.05) is 30.3 Å². The van der Waals surface area contributed by atoms with Gasteiger partial charge in [0.1, 0.15) is 0 Å².